The van der Waals surface area contributed by atoms with Gasteiger partial charge in [-0.15, -0.1) is 10.2 Å². The minimum absolute atomic E-state index is 0.0609. The van der Waals surface area contributed by atoms with Crippen LogP contribution < -0.4 is 5.32 Å². The summed E-state index contributed by atoms with van der Waals surface area (Å²) in [5.41, 5.74) is 2.31. The van der Waals surface area contributed by atoms with E-state index in [2.05, 4.69) is 49.3 Å². The Morgan fingerprint density at radius 2 is 1.97 bits per heavy atom. The molecule has 1 aromatic carbocycles. The molecule has 0 fully saturated rings. The van der Waals surface area contributed by atoms with Gasteiger partial charge in [0.15, 0.2) is 0 Å². The summed E-state index contributed by atoms with van der Waals surface area (Å²) in [4.78, 5) is 16.7. The van der Waals surface area contributed by atoms with E-state index >= 15 is 0 Å². The smallest absolute Gasteiger partial charge is 0.270 e. The Bertz CT molecular complexity index is 970. The molecule has 1 unspecified atom stereocenters. The van der Waals surface area contributed by atoms with Crippen molar-refractivity contribution in [3.05, 3.63) is 77.1 Å². The molecular weight excluding hydrogens is 366 g/mol. The second kappa shape index (κ2) is 8.96. The van der Waals surface area contributed by atoms with Crippen LogP contribution in [-0.2, 0) is 32.4 Å². The second-order valence-corrected chi connectivity index (χ2v) is 7.37. The molecule has 29 heavy (non-hydrogen) atoms. The van der Waals surface area contributed by atoms with Crippen molar-refractivity contribution in [2.45, 2.75) is 51.3 Å². The van der Waals surface area contributed by atoms with E-state index in [1.54, 1.807) is 18.3 Å². The van der Waals surface area contributed by atoms with Crippen LogP contribution in [0.1, 0.15) is 46.1 Å². The number of carbonyl (C=O) groups is 1. The first-order valence-electron chi connectivity index (χ1n) is 10.0. The third kappa shape index (κ3) is 4.68. The minimum Gasteiger partial charge on any atom is -0.392 e. The Morgan fingerprint density at radius 1 is 1.10 bits per heavy atom. The van der Waals surface area contributed by atoms with Crippen LogP contribution in [0.5, 0.6) is 0 Å². The van der Waals surface area contributed by atoms with Gasteiger partial charge in [-0.2, -0.15) is 0 Å². The highest BCUT2D eigenvalue weighted by atomic mass is 16.3. The van der Waals surface area contributed by atoms with Crippen LogP contribution in [0.15, 0.2) is 48.7 Å². The number of nitrogens with one attached hydrogen (secondary N) is 1. The average Bonchev–Trinajstić information content (AvgIpc) is 3.05. The van der Waals surface area contributed by atoms with Gasteiger partial charge in [0, 0.05) is 31.6 Å². The van der Waals surface area contributed by atoms with Crippen LogP contribution in [-0.4, -0.2) is 36.8 Å². The average molecular weight is 391 g/mol. The van der Waals surface area contributed by atoms with Crippen LogP contribution >= 0.6 is 0 Å². The van der Waals surface area contributed by atoms with Gasteiger partial charge in [-0.1, -0.05) is 30.3 Å². The predicted molar refractivity (Wildman–Crippen MR) is 108 cm³/mol. The van der Waals surface area contributed by atoms with E-state index in [9.17, 15) is 9.90 Å². The van der Waals surface area contributed by atoms with E-state index in [1.165, 1.54) is 5.56 Å². The maximum absolute atomic E-state index is 12.5. The van der Waals surface area contributed by atoms with E-state index in [4.69, 9.17) is 0 Å². The summed E-state index contributed by atoms with van der Waals surface area (Å²) < 4.78 is 2.21. The first-order valence-corrected chi connectivity index (χ1v) is 10.0. The summed E-state index contributed by atoms with van der Waals surface area (Å²) in [6.45, 7) is 0.688. The van der Waals surface area contributed by atoms with Crippen LogP contribution in [0.2, 0.25) is 0 Å². The molecular formula is C22H25N5O2. The molecule has 0 aliphatic carbocycles. The third-order valence-electron chi connectivity index (χ3n) is 5.38. The van der Waals surface area contributed by atoms with Gasteiger partial charge >= 0.3 is 0 Å². The Labute approximate surface area is 169 Å². The van der Waals surface area contributed by atoms with Gasteiger partial charge in [0.25, 0.3) is 5.91 Å². The van der Waals surface area contributed by atoms with Gasteiger partial charge in [-0.05, 0) is 42.5 Å². The number of fused-ring (bicyclic) bond motifs is 1. The molecule has 150 valence electrons. The van der Waals surface area contributed by atoms with Gasteiger partial charge in [0.05, 0.1) is 6.61 Å². The van der Waals surface area contributed by atoms with Crippen molar-refractivity contribution >= 4 is 5.91 Å². The van der Waals surface area contributed by atoms with Gasteiger partial charge < -0.3 is 15.0 Å². The number of aryl methyl sites for hydroxylation is 3. The molecule has 1 aliphatic rings. The first-order chi connectivity index (χ1) is 14.2. The fraction of sp³-hybridized carbons (Fsp3) is 0.364. The van der Waals surface area contributed by atoms with Crippen LogP contribution in [0.25, 0.3) is 0 Å². The van der Waals surface area contributed by atoms with E-state index in [-0.39, 0.29) is 18.6 Å². The number of benzene rings is 1. The van der Waals surface area contributed by atoms with Crippen molar-refractivity contribution in [2.24, 2.45) is 0 Å². The lowest BCUT2D eigenvalue weighted by molar-refractivity contribution is 0.0927. The molecule has 0 saturated heterocycles. The lowest BCUT2D eigenvalue weighted by atomic mass is 10.1. The number of hydrogen-bond acceptors (Lipinski definition) is 5. The standard InChI is InChI=1S/C22H25N5O2/c28-15-17-10-12-23-19(14-17)22(29)24-18-7-9-21-26-25-20(27(21)13-11-18)8-6-16-4-2-1-3-5-16/h1-5,10,12,14,18,28H,6-9,11,13,15H2,(H,24,29). The zero-order valence-electron chi connectivity index (χ0n) is 16.3. The molecule has 7 heteroatoms. The Balaban J connectivity index is 1.37. The van der Waals surface area contributed by atoms with Gasteiger partial charge in [0.2, 0.25) is 0 Å². The number of pyridine rings is 1. The highest BCUT2D eigenvalue weighted by Gasteiger charge is 2.22. The zero-order valence-corrected chi connectivity index (χ0v) is 16.3. The summed E-state index contributed by atoms with van der Waals surface area (Å²) in [5, 5.41) is 21.1. The Hall–Kier alpha value is -3.06. The molecule has 0 saturated carbocycles. The van der Waals surface area contributed by atoms with E-state index in [0.29, 0.717) is 11.3 Å². The van der Waals surface area contributed by atoms with Crippen LogP contribution in [0.4, 0.5) is 0 Å². The molecule has 1 atom stereocenters. The topological polar surface area (TPSA) is 92.9 Å². The van der Waals surface area contributed by atoms with Crippen LogP contribution in [0, 0.1) is 0 Å². The number of aliphatic hydroxyl groups is 1. The first kappa shape index (κ1) is 19.3. The summed E-state index contributed by atoms with van der Waals surface area (Å²) in [6.07, 6.45) is 5.77. The monoisotopic (exact) mass is 391 g/mol. The number of carbonyl (C=O) groups excluding carboxylic acids is 1. The molecule has 3 heterocycles. The second-order valence-electron chi connectivity index (χ2n) is 7.37. The summed E-state index contributed by atoms with van der Waals surface area (Å²) in [6, 6.07) is 13.8. The van der Waals surface area contributed by atoms with Gasteiger partial charge in [0.1, 0.15) is 17.3 Å². The van der Waals surface area contributed by atoms with E-state index in [1.807, 2.05) is 6.07 Å². The number of rotatable bonds is 6. The third-order valence-corrected chi connectivity index (χ3v) is 5.38. The molecule has 0 bridgehead atoms. The SMILES string of the molecule is O=C(NC1CCc2nnc(CCc3ccccc3)n2CC1)c1cc(CO)ccn1. The molecule has 4 rings (SSSR count). The largest absolute Gasteiger partial charge is 0.392 e. The van der Waals surface area contributed by atoms with Crippen molar-refractivity contribution in [1.29, 1.82) is 0 Å². The molecule has 1 aliphatic heterocycles. The molecule has 2 N–H and O–H groups in total. The van der Waals surface area contributed by atoms with Crippen LogP contribution in [0.3, 0.4) is 0 Å². The fourth-order valence-electron chi connectivity index (χ4n) is 3.73. The lowest BCUT2D eigenvalue weighted by Gasteiger charge is -2.16. The number of amides is 1. The molecule has 7 nitrogen and oxygen atoms in total. The normalized spacial score (nSPS) is 16.1. The summed E-state index contributed by atoms with van der Waals surface area (Å²) in [5.74, 6) is 1.80. The highest BCUT2D eigenvalue weighted by molar-refractivity contribution is 5.92. The number of hydrogen-bond donors (Lipinski definition) is 2. The van der Waals surface area contributed by atoms with Crippen molar-refractivity contribution in [3.8, 4) is 0 Å². The van der Waals surface area contributed by atoms with E-state index in [0.717, 1.165) is 50.3 Å². The van der Waals surface area contributed by atoms with E-state index < -0.39 is 0 Å². The minimum atomic E-state index is -0.202. The molecule has 0 spiro atoms. The molecule has 3 aromatic rings. The van der Waals surface area contributed by atoms with Crippen molar-refractivity contribution in [1.82, 2.24) is 25.1 Å². The molecule has 0 radical (unpaired) electrons. The number of aliphatic hydroxyl groups excluding tert-OH is 1. The zero-order chi connectivity index (χ0) is 20.1. The molecule has 2 aromatic heterocycles. The Kier molecular flexibility index (Phi) is 5.95. The highest BCUT2D eigenvalue weighted by Crippen LogP contribution is 2.17. The fourth-order valence-corrected chi connectivity index (χ4v) is 3.73. The molecule has 1 amide bonds. The number of nitrogens with zero attached hydrogens (tertiary/aromatic N) is 4. The van der Waals surface area contributed by atoms with Crippen molar-refractivity contribution in [3.63, 3.8) is 0 Å². The number of aromatic nitrogens is 4. The maximum Gasteiger partial charge on any atom is 0.270 e. The van der Waals surface area contributed by atoms with Gasteiger partial charge in [-0.3, -0.25) is 9.78 Å². The van der Waals surface area contributed by atoms with Gasteiger partial charge in [-0.25, -0.2) is 0 Å². The maximum atomic E-state index is 12.5. The quantitative estimate of drug-likeness (QED) is 0.671. The van der Waals surface area contributed by atoms with Crippen molar-refractivity contribution in [2.75, 3.05) is 0 Å². The van der Waals surface area contributed by atoms with Crippen molar-refractivity contribution < 1.29 is 9.90 Å². The lowest BCUT2D eigenvalue weighted by Crippen LogP contribution is -2.35. The Morgan fingerprint density at radius 3 is 2.79 bits per heavy atom. The predicted octanol–water partition coefficient (Wildman–Crippen LogP) is 2.09. The summed E-state index contributed by atoms with van der Waals surface area (Å²) >= 11 is 0. The summed E-state index contributed by atoms with van der Waals surface area (Å²) in [7, 11) is 0.